The Balaban J connectivity index is 2.61. The molecular weight excluding hydrogens is 194 g/mol. The molecule has 1 aliphatic rings. The van der Waals surface area contributed by atoms with E-state index in [0.717, 1.165) is 0 Å². The van der Waals surface area contributed by atoms with Crippen molar-refractivity contribution in [3.8, 4) is 0 Å². The van der Waals surface area contributed by atoms with E-state index in [2.05, 4.69) is 5.32 Å². The first-order valence-electron chi connectivity index (χ1n) is 5.31. The summed E-state index contributed by atoms with van der Waals surface area (Å²) in [7, 11) is 0. The highest BCUT2D eigenvalue weighted by Crippen LogP contribution is 2.13. The molecule has 2 amide bonds. The third kappa shape index (κ3) is 2.92. The van der Waals surface area contributed by atoms with E-state index in [-0.39, 0.29) is 30.2 Å². The van der Waals surface area contributed by atoms with Crippen LogP contribution in [0.1, 0.15) is 13.8 Å². The largest absolute Gasteiger partial charge is 0.353 e. The van der Waals surface area contributed by atoms with E-state index in [1.807, 2.05) is 13.8 Å². The highest BCUT2D eigenvalue weighted by Gasteiger charge is 2.28. The van der Waals surface area contributed by atoms with E-state index in [9.17, 15) is 9.59 Å². The molecule has 1 atom stereocenters. The molecule has 0 radical (unpaired) electrons. The lowest BCUT2D eigenvalue weighted by molar-refractivity contribution is -0.142. The van der Waals surface area contributed by atoms with Crippen LogP contribution in [-0.4, -0.2) is 42.9 Å². The molecule has 0 aliphatic carbocycles. The van der Waals surface area contributed by atoms with Gasteiger partial charge in [-0.3, -0.25) is 9.59 Å². The molecule has 1 unspecified atom stereocenters. The minimum atomic E-state index is -0.170. The van der Waals surface area contributed by atoms with Gasteiger partial charge < -0.3 is 16.0 Å². The third-order valence-corrected chi connectivity index (χ3v) is 2.73. The normalized spacial score (nSPS) is 18.9. The Hall–Kier alpha value is -1.10. The van der Waals surface area contributed by atoms with Crippen molar-refractivity contribution in [1.29, 1.82) is 0 Å². The number of amides is 2. The summed E-state index contributed by atoms with van der Waals surface area (Å²) >= 11 is 0. The standard InChI is InChI=1S/C10H19N3O2/c1-7(2)8(5-11)10(15)13-4-3-12-9(14)6-13/h7-8H,3-6,11H2,1-2H3,(H,12,14). The number of carbonyl (C=O) groups excluding carboxylic acids is 2. The van der Waals surface area contributed by atoms with E-state index < -0.39 is 0 Å². The fourth-order valence-electron chi connectivity index (χ4n) is 1.72. The lowest BCUT2D eigenvalue weighted by atomic mass is 9.94. The quantitative estimate of drug-likeness (QED) is 0.643. The first kappa shape index (κ1) is 12.0. The molecule has 0 aromatic rings. The highest BCUT2D eigenvalue weighted by atomic mass is 16.2. The maximum absolute atomic E-state index is 12.0. The molecule has 0 bridgehead atoms. The van der Waals surface area contributed by atoms with Crippen LogP contribution in [0.3, 0.4) is 0 Å². The maximum atomic E-state index is 12.0. The van der Waals surface area contributed by atoms with E-state index in [0.29, 0.717) is 19.6 Å². The Kier molecular flexibility index (Phi) is 4.08. The van der Waals surface area contributed by atoms with Gasteiger partial charge in [-0.2, -0.15) is 0 Å². The van der Waals surface area contributed by atoms with Gasteiger partial charge in [0.25, 0.3) is 0 Å². The Morgan fingerprint density at radius 3 is 2.73 bits per heavy atom. The monoisotopic (exact) mass is 213 g/mol. The predicted octanol–water partition coefficient (Wildman–Crippen LogP) is -0.824. The number of nitrogens with one attached hydrogen (secondary N) is 1. The molecule has 0 saturated carbocycles. The maximum Gasteiger partial charge on any atom is 0.239 e. The molecule has 1 saturated heterocycles. The molecule has 1 rings (SSSR count). The van der Waals surface area contributed by atoms with Crippen molar-refractivity contribution in [2.75, 3.05) is 26.2 Å². The Labute approximate surface area is 90.0 Å². The second-order valence-corrected chi connectivity index (χ2v) is 4.20. The zero-order chi connectivity index (χ0) is 11.4. The van der Waals surface area contributed by atoms with Crippen LogP contribution >= 0.6 is 0 Å². The van der Waals surface area contributed by atoms with Gasteiger partial charge in [-0.15, -0.1) is 0 Å². The van der Waals surface area contributed by atoms with Crippen molar-refractivity contribution in [1.82, 2.24) is 10.2 Å². The van der Waals surface area contributed by atoms with Gasteiger partial charge in [0.1, 0.15) is 0 Å². The highest BCUT2D eigenvalue weighted by molar-refractivity contribution is 5.87. The van der Waals surface area contributed by atoms with Crippen molar-refractivity contribution in [3.63, 3.8) is 0 Å². The van der Waals surface area contributed by atoms with Crippen molar-refractivity contribution in [2.45, 2.75) is 13.8 Å². The Bertz CT molecular complexity index is 253. The van der Waals surface area contributed by atoms with Crippen molar-refractivity contribution in [3.05, 3.63) is 0 Å². The summed E-state index contributed by atoms with van der Waals surface area (Å²) in [4.78, 5) is 24.7. The van der Waals surface area contributed by atoms with Gasteiger partial charge in [0.05, 0.1) is 12.5 Å². The minimum Gasteiger partial charge on any atom is -0.353 e. The summed E-state index contributed by atoms with van der Waals surface area (Å²) < 4.78 is 0. The molecule has 1 heterocycles. The van der Waals surface area contributed by atoms with Gasteiger partial charge in [0, 0.05) is 19.6 Å². The number of piperazine rings is 1. The lowest BCUT2D eigenvalue weighted by Gasteiger charge is -2.31. The minimum absolute atomic E-state index is 0.00218. The van der Waals surface area contributed by atoms with Crippen LogP contribution in [0.2, 0.25) is 0 Å². The first-order valence-corrected chi connectivity index (χ1v) is 5.31. The molecule has 0 aromatic carbocycles. The average Bonchev–Trinajstić information content (AvgIpc) is 2.18. The molecule has 15 heavy (non-hydrogen) atoms. The molecule has 1 aliphatic heterocycles. The fourth-order valence-corrected chi connectivity index (χ4v) is 1.72. The van der Waals surface area contributed by atoms with E-state index in [4.69, 9.17) is 5.73 Å². The van der Waals surface area contributed by atoms with Gasteiger partial charge in [-0.1, -0.05) is 13.8 Å². The second-order valence-electron chi connectivity index (χ2n) is 4.20. The number of nitrogens with zero attached hydrogens (tertiary/aromatic N) is 1. The summed E-state index contributed by atoms with van der Waals surface area (Å²) in [6.07, 6.45) is 0. The molecule has 1 fully saturated rings. The average molecular weight is 213 g/mol. The third-order valence-electron chi connectivity index (χ3n) is 2.73. The van der Waals surface area contributed by atoms with Gasteiger partial charge >= 0.3 is 0 Å². The van der Waals surface area contributed by atoms with Crippen LogP contribution in [0.4, 0.5) is 0 Å². The summed E-state index contributed by atoms with van der Waals surface area (Å²) in [6.45, 7) is 5.59. The lowest BCUT2D eigenvalue weighted by Crippen LogP contribution is -2.53. The van der Waals surface area contributed by atoms with Crippen molar-refractivity contribution >= 4 is 11.8 Å². The Morgan fingerprint density at radius 2 is 2.27 bits per heavy atom. The molecule has 5 nitrogen and oxygen atoms in total. The van der Waals surface area contributed by atoms with Crippen LogP contribution in [-0.2, 0) is 9.59 Å². The SMILES string of the molecule is CC(C)C(CN)C(=O)N1CCNC(=O)C1. The summed E-state index contributed by atoms with van der Waals surface area (Å²) in [6, 6.07) is 0. The van der Waals surface area contributed by atoms with Crippen LogP contribution in [0.15, 0.2) is 0 Å². The fraction of sp³-hybridized carbons (Fsp3) is 0.800. The summed E-state index contributed by atoms with van der Waals surface area (Å²) in [5, 5.41) is 2.69. The van der Waals surface area contributed by atoms with E-state index in [1.54, 1.807) is 4.90 Å². The van der Waals surface area contributed by atoms with Crippen LogP contribution in [0, 0.1) is 11.8 Å². The number of carbonyl (C=O) groups is 2. The van der Waals surface area contributed by atoms with Crippen LogP contribution in [0.25, 0.3) is 0 Å². The van der Waals surface area contributed by atoms with Gasteiger partial charge in [0.2, 0.25) is 11.8 Å². The van der Waals surface area contributed by atoms with Crippen molar-refractivity contribution < 1.29 is 9.59 Å². The molecule has 0 aromatic heterocycles. The number of rotatable bonds is 3. The molecular formula is C10H19N3O2. The predicted molar refractivity (Wildman–Crippen MR) is 57.0 cm³/mol. The zero-order valence-electron chi connectivity index (χ0n) is 9.32. The van der Waals surface area contributed by atoms with Crippen molar-refractivity contribution in [2.24, 2.45) is 17.6 Å². The number of nitrogens with two attached hydrogens (primary N) is 1. The molecule has 5 heteroatoms. The topological polar surface area (TPSA) is 75.4 Å². The molecule has 86 valence electrons. The number of hydrogen-bond donors (Lipinski definition) is 2. The summed E-state index contributed by atoms with van der Waals surface area (Å²) in [5.74, 6) is -0.0418. The van der Waals surface area contributed by atoms with Crippen LogP contribution < -0.4 is 11.1 Å². The van der Waals surface area contributed by atoms with Gasteiger partial charge in [-0.05, 0) is 5.92 Å². The molecule has 0 spiro atoms. The molecule has 3 N–H and O–H groups in total. The number of hydrogen-bond acceptors (Lipinski definition) is 3. The second kappa shape index (κ2) is 5.11. The smallest absolute Gasteiger partial charge is 0.239 e. The van der Waals surface area contributed by atoms with E-state index >= 15 is 0 Å². The van der Waals surface area contributed by atoms with Gasteiger partial charge in [-0.25, -0.2) is 0 Å². The van der Waals surface area contributed by atoms with E-state index in [1.165, 1.54) is 0 Å². The Morgan fingerprint density at radius 1 is 1.60 bits per heavy atom. The van der Waals surface area contributed by atoms with Gasteiger partial charge in [0.15, 0.2) is 0 Å². The first-order chi connectivity index (χ1) is 7.06. The zero-order valence-corrected chi connectivity index (χ0v) is 9.32. The van der Waals surface area contributed by atoms with Crippen LogP contribution in [0.5, 0.6) is 0 Å². The summed E-state index contributed by atoms with van der Waals surface area (Å²) in [5.41, 5.74) is 5.57.